The molecule has 0 amide bonds. The van der Waals surface area contributed by atoms with Crippen molar-refractivity contribution in [1.82, 2.24) is 14.8 Å². The smallest absolute Gasteiger partial charge is 0.0947 e. The van der Waals surface area contributed by atoms with E-state index in [0.717, 1.165) is 23.7 Å². The Labute approximate surface area is 102 Å². The Bertz CT molecular complexity index is 438. The van der Waals surface area contributed by atoms with Gasteiger partial charge in [0.05, 0.1) is 27.8 Å². The van der Waals surface area contributed by atoms with E-state index in [2.05, 4.69) is 10.1 Å². The Morgan fingerprint density at radius 3 is 2.93 bits per heavy atom. The van der Waals surface area contributed by atoms with Gasteiger partial charge in [-0.1, -0.05) is 11.6 Å². The Morgan fingerprint density at radius 2 is 2.33 bits per heavy atom. The van der Waals surface area contributed by atoms with E-state index >= 15 is 0 Å². The third-order valence-corrected chi connectivity index (χ3v) is 3.32. The number of halogens is 2. The Morgan fingerprint density at radius 1 is 1.47 bits per heavy atom. The van der Waals surface area contributed by atoms with Crippen molar-refractivity contribution in [1.29, 1.82) is 0 Å². The van der Waals surface area contributed by atoms with Gasteiger partial charge in [-0.25, -0.2) is 4.98 Å². The molecule has 0 aromatic carbocycles. The zero-order valence-corrected chi connectivity index (χ0v) is 10.2. The van der Waals surface area contributed by atoms with E-state index in [9.17, 15) is 0 Å². The minimum Gasteiger partial charge on any atom is -0.271 e. The minimum absolute atomic E-state index is 0.476. The summed E-state index contributed by atoms with van der Waals surface area (Å²) in [7, 11) is 0. The molecule has 2 heterocycles. The quantitative estimate of drug-likeness (QED) is 0.793. The lowest BCUT2D eigenvalue weighted by molar-refractivity contribution is 0.613. The van der Waals surface area contributed by atoms with E-state index < -0.39 is 0 Å². The highest BCUT2D eigenvalue weighted by Crippen LogP contribution is 2.13. The summed E-state index contributed by atoms with van der Waals surface area (Å²) in [6, 6.07) is 0. The predicted molar refractivity (Wildman–Crippen MR) is 62.6 cm³/mol. The van der Waals surface area contributed by atoms with Crippen LogP contribution in [-0.2, 0) is 18.8 Å². The van der Waals surface area contributed by atoms with E-state index in [1.165, 1.54) is 0 Å². The van der Waals surface area contributed by atoms with Gasteiger partial charge in [0, 0.05) is 24.5 Å². The second kappa shape index (κ2) is 4.96. The van der Waals surface area contributed by atoms with E-state index in [4.69, 9.17) is 23.2 Å². The second-order valence-electron chi connectivity index (χ2n) is 3.04. The van der Waals surface area contributed by atoms with Gasteiger partial charge in [0.2, 0.25) is 0 Å². The van der Waals surface area contributed by atoms with Gasteiger partial charge < -0.3 is 0 Å². The number of nitrogens with zero attached hydrogens (tertiary/aromatic N) is 3. The monoisotopic (exact) mass is 261 g/mol. The van der Waals surface area contributed by atoms with Crippen molar-refractivity contribution in [2.45, 2.75) is 18.8 Å². The number of alkyl halides is 1. The highest BCUT2D eigenvalue weighted by molar-refractivity contribution is 7.09. The summed E-state index contributed by atoms with van der Waals surface area (Å²) in [5.41, 5.74) is 0.940. The SMILES string of the molecule is ClCc1csc(CCn2cc(Cl)cn2)n1. The lowest BCUT2D eigenvalue weighted by Crippen LogP contribution is -2.01. The highest BCUT2D eigenvalue weighted by atomic mass is 35.5. The first-order valence-electron chi connectivity index (χ1n) is 4.45. The number of aryl methyl sites for hydroxylation is 2. The number of thiazole rings is 1. The molecule has 2 aromatic heterocycles. The van der Waals surface area contributed by atoms with Gasteiger partial charge in [0.1, 0.15) is 0 Å². The average Bonchev–Trinajstić information content (AvgIpc) is 2.83. The molecule has 0 radical (unpaired) electrons. The average molecular weight is 262 g/mol. The van der Waals surface area contributed by atoms with Crippen LogP contribution in [0.25, 0.3) is 0 Å². The predicted octanol–water partition coefficient (Wildman–Crippen LogP) is 2.97. The molecular weight excluding hydrogens is 253 g/mol. The first-order valence-corrected chi connectivity index (χ1v) is 6.24. The highest BCUT2D eigenvalue weighted by Gasteiger charge is 2.02. The van der Waals surface area contributed by atoms with Crippen molar-refractivity contribution in [2.75, 3.05) is 0 Å². The maximum atomic E-state index is 5.75. The van der Waals surface area contributed by atoms with Crippen molar-refractivity contribution in [3.05, 3.63) is 33.5 Å². The Kier molecular flexibility index (Phi) is 3.61. The summed E-state index contributed by atoms with van der Waals surface area (Å²) in [5.74, 6) is 0.476. The molecule has 0 spiro atoms. The normalized spacial score (nSPS) is 10.8. The summed E-state index contributed by atoms with van der Waals surface area (Å²) >= 11 is 13.1. The van der Waals surface area contributed by atoms with E-state index in [1.54, 1.807) is 23.7 Å². The molecule has 0 saturated carbocycles. The van der Waals surface area contributed by atoms with E-state index in [-0.39, 0.29) is 0 Å². The zero-order chi connectivity index (χ0) is 10.7. The summed E-state index contributed by atoms with van der Waals surface area (Å²) in [5, 5.41) is 7.82. The van der Waals surface area contributed by atoms with Crippen LogP contribution >= 0.6 is 34.5 Å². The Balaban J connectivity index is 1.93. The molecular formula is C9H9Cl2N3S. The lowest BCUT2D eigenvalue weighted by atomic mass is 10.4. The van der Waals surface area contributed by atoms with Crippen molar-refractivity contribution in [2.24, 2.45) is 0 Å². The van der Waals surface area contributed by atoms with Crippen LogP contribution in [-0.4, -0.2) is 14.8 Å². The lowest BCUT2D eigenvalue weighted by Gasteiger charge is -1.97. The molecule has 0 unspecified atom stereocenters. The van der Waals surface area contributed by atoms with Crippen LogP contribution in [0.3, 0.4) is 0 Å². The molecule has 0 aliphatic rings. The van der Waals surface area contributed by atoms with Crippen LogP contribution in [0.5, 0.6) is 0 Å². The minimum atomic E-state index is 0.476. The maximum Gasteiger partial charge on any atom is 0.0947 e. The number of rotatable bonds is 4. The fourth-order valence-electron chi connectivity index (χ4n) is 1.20. The molecule has 0 saturated heterocycles. The molecule has 15 heavy (non-hydrogen) atoms. The van der Waals surface area contributed by atoms with Gasteiger partial charge in [0.15, 0.2) is 0 Å². The summed E-state index contributed by atoms with van der Waals surface area (Å²) in [6.45, 7) is 0.794. The molecule has 2 aromatic rings. The number of aromatic nitrogens is 3. The topological polar surface area (TPSA) is 30.7 Å². The first kappa shape index (κ1) is 10.9. The van der Waals surface area contributed by atoms with Gasteiger partial charge in [-0.15, -0.1) is 22.9 Å². The summed E-state index contributed by atoms with van der Waals surface area (Å²) in [4.78, 5) is 4.36. The molecule has 80 valence electrons. The number of hydrogen-bond acceptors (Lipinski definition) is 3. The summed E-state index contributed by atoms with van der Waals surface area (Å²) < 4.78 is 1.81. The van der Waals surface area contributed by atoms with Crippen molar-refractivity contribution in [3.63, 3.8) is 0 Å². The number of hydrogen-bond donors (Lipinski definition) is 0. The molecule has 0 aliphatic carbocycles. The Hall–Kier alpha value is -0.580. The molecule has 3 nitrogen and oxygen atoms in total. The molecule has 0 bridgehead atoms. The van der Waals surface area contributed by atoms with E-state index in [0.29, 0.717) is 10.9 Å². The van der Waals surface area contributed by atoms with Crippen LogP contribution in [0.1, 0.15) is 10.7 Å². The molecule has 2 rings (SSSR count). The van der Waals surface area contributed by atoms with Crippen LogP contribution in [0.15, 0.2) is 17.8 Å². The molecule has 0 aliphatic heterocycles. The largest absolute Gasteiger partial charge is 0.271 e. The molecule has 0 N–H and O–H groups in total. The zero-order valence-electron chi connectivity index (χ0n) is 7.86. The molecule has 6 heteroatoms. The van der Waals surface area contributed by atoms with Crippen molar-refractivity contribution < 1.29 is 0 Å². The van der Waals surface area contributed by atoms with Gasteiger partial charge in [0.25, 0.3) is 0 Å². The van der Waals surface area contributed by atoms with Gasteiger partial charge in [-0.3, -0.25) is 4.68 Å². The van der Waals surface area contributed by atoms with Gasteiger partial charge in [-0.05, 0) is 0 Å². The molecule has 0 atom stereocenters. The standard InChI is InChI=1S/C9H9Cl2N3S/c10-3-8-6-15-9(13-8)1-2-14-5-7(11)4-12-14/h4-6H,1-3H2. The third kappa shape index (κ3) is 2.93. The second-order valence-corrected chi connectivity index (χ2v) is 4.68. The first-order chi connectivity index (χ1) is 7.28. The van der Waals surface area contributed by atoms with Crippen LogP contribution in [0, 0.1) is 0 Å². The van der Waals surface area contributed by atoms with Crippen LogP contribution in [0.2, 0.25) is 5.02 Å². The fourth-order valence-corrected chi connectivity index (χ4v) is 2.37. The maximum absolute atomic E-state index is 5.75. The fraction of sp³-hybridized carbons (Fsp3) is 0.333. The van der Waals surface area contributed by atoms with Gasteiger partial charge >= 0.3 is 0 Å². The third-order valence-electron chi connectivity index (χ3n) is 1.89. The molecule has 0 fully saturated rings. The van der Waals surface area contributed by atoms with Crippen molar-refractivity contribution in [3.8, 4) is 0 Å². The summed E-state index contributed by atoms with van der Waals surface area (Å²) in [6.07, 6.45) is 4.30. The van der Waals surface area contributed by atoms with Crippen molar-refractivity contribution >= 4 is 34.5 Å². The van der Waals surface area contributed by atoms with Crippen LogP contribution < -0.4 is 0 Å². The van der Waals surface area contributed by atoms with Gasteiger partial charge in [-0.2, -0.15) is 5.10 Å². The van der Waals surface area contributed by atoms with E-state index in [1.807, 2.05) is 10.1 Å². The van der Waals surface area contributed by atoms with Crippen LogP contribution in [0.4, 0.5) is 0 Å².